The molecule has 1 aliphatic heterocycles. The van der Waals surface area contributed by atoms with Crippen LogP contribution in [0.4, 0.5) is 11.4 Å². The van der Waals surface area contributed by atoms with E-state index in [2.05, 4.69) is 24.0 Å². The first-order valence-corrected chi connectivity index (χ1v) is 11.2. The molecule has 0 saturated heterocycles. The van der Waals surface area contributed by atoms with Crippen molar-refractivity contribution in [2.24, 2.45) is 0 Å². The number of hydrogen-bond acceptors (Lipinski definition) is 3. The van der Waals surface area contributed by atoms with E-state index < -0.39 is 5.41 Å². The first-order chi connectivity index (χ1) is 15.3. The molecule has 1 atom stereocenters. The summed E-state index contributed by atoms with van der Waals surface area (Å²) in [4.78, 5) is 20.2. The lowest BCUT2D eigenvalue weighted by molar-refractivity contribution is -0.122. The number of amides is 1. The minimum absolute atomic E-state index is 0.159. The molecule has 1 aliphatic rings. The van der Waals surface area contributed by atoms with Crippen LogP contribution < -0.4 is 4.90 Å². The quantitative estimate of drug-likeness (QED) is 0.392. The van der Waals surface area contributed by atoms with Gasteiger partial charge in [-0.1, -0.05) is 43.3 Å². The second-order valence-corrected chi connectivity index (χ2v) is 8.18. The number of aromatic nitrogens is 1. The normalized spacial score (nSPS) is 17.7. The van der Waals surface area contributed by atoms with Crippen LogP contribution >= 0.6 is 0 Å². The molecule has 1 unspecified atom stereocenters. The zero-order valence-corrected chi connectivity index (χ0v) is 18.2. The number of fused-ring (bicyclic) bond motifs is 1. The average molecular weight is 415 g/mol. The van der Waals surface area contributed by atoms with E-state index in [9.17, 15) is 4.79 Å². The van der Waals surface area contributed by atoms with Gasteiger partial charge in [-0.2, -0.15) is 0 Å². The number of carbonyl (C=O) groups excluding carboxylic acids is 1. The number of carbonyl (C=O) groups is 1. The number of nitrogens with zero attached hydrogens (tertiary/aromatic N) is 2. The second-order valence-electron chi connectivity index (χ2n) is 8.18. The molecule has 0 bridgehead atoms. The number of hydrogen-bond donors (Lipinski definition) is 0. The Labute approximate surface area is 184 Å². The molecule has 0 N–H and O–H groups in total. The summed E-state index contributed by atoms with van der Waals surface area (Å²) in [6.07, 6.45) is 8.01. The molecule has 2 aromatic carbocycles. The second kappa shape index (κ2) is 9.88. The molecule has 0 saturated carbocycles. The van der Waals surface area contributed by atoms with E-state index in [1.165, 1.54) is 0 Å². The third kappa shape index (κ3) is 4.40. The van der Waals surface area contributed by atoms with Crippen molar-refractivity contribution in [3.63, 3.8) is 0 Å². The maximum absolute atomic E-state index is 14.1. The Balaban J connectivity index is 1.69. The number of rotatable bonds is 10. The van der Waals surface area contributed by atoms with E-state index in [0.29, 0.717) is 6.42 Å². The smallest absolute Gasteiger partial charge is 0.242 e. The Morgan fingerprint density at radius 1 is 0.903 bits per heavy atom. The summed E-state index contributed by atoms with van der Waals surface area (Å²) in [5.41, 5.74) is 3.58. The van der Waals surface area contributed by atoms with Gasteiger partial charge in [0.25, 0.3) is 0 Å². The highest BCUT2D eigenvalue weighted by Gasteiger charge is 2.50. The summed E-state index contributed by atoms with van der Waals surface area (Å²) in [6.45, 7) is 3.67. The molecule has 0 fully saturated rings. The molecule has 0 radical (unpaired) electrons. The van der Waals surface area contributed by atoms with Crippen LogP contribution in [0.1, 0.15) is 43.7 Å². The van der Waals surface area contributed by atoms with E-state index in [4.69, 9.17) is 4.74 Å². The van der Waals surface area contributed by atoms with Crippen molar-refractivity contribution < 1.29 is 9.53 Å². The van der Waals surface area contributed by atoms with Crippen LogP contribution in [0.2, 0.25) is 0 Å². The van der Waals surface area contributed by atoms with Crippen LogP contribution in [0.5, 0.6) is 0 Å². The summed E-state index contributed by atoms with van der Waals surface area (Å²) in [7, 11) is 0. The van der Waals surface area contributed by atoms with Crippen molar-refractivity contribution >= 4 is 17.3 Å². The van der Waals surface area contributed by atoms with Crippen molar-refractivity contribution in [3.05, 3.63) is 90.3 Å². The van der Waals surface area contributed by atoms with Gasteiger partial charge in [-0.3, -0.25) is 14.7 Å². The van der Waals surface area contributed by atoms with Gasteiger partial charge >= 0.3 is 0 Å². The van der Waals surface area contributed by atoms with Gasteiger partial charge < -0.3 is 4.74 Å². The SMILES string of the molecule is CCCOCCCCC1(Cc2ccncc2)C(=O)N(c2ccccc2)c2ccccc21. The van der Waals surface area contributed by atoms with Gasteiger partial charge in [-0.25, -0.2) is 0 Å². The topological polar surface area (TPSA) is 42.4 Å². The Morgan fingerprint density at radius 2 is 1.65 bits per heavy atom. The lowest BCUT2D eigenvalue weighted by Gasteiger charge is -2.29. The van der Waals surface area contributed by atoms with Crippen LogP contribution in [0.3, 0.4) is 0 Å². The van der Waals surface area contributed by atoms with Gasteiger partial charge in [0.1, 0.15) is 0 Å². The molecule has 2 heterocycles. The summed E-state index contributed by atoms with van der Waals surface area (Å²) >= 11 is 0. The number of pyridine rings is 1. The molecule has 4 rings (SSSR count). The van der Waals surface area contributed by atoms with Crippen LogP contribution in [-0.2, 0) is 21.4 Å². The fraction of sp³-hybridized carbons (Fsp3) is 0.333. The Kier molecular flexibility index (Phi) is 6.78. The highest BCUT2D eigenvalue weighted by Crippen LogP contribution is 2.49. The molecule has 0 aliphatic carbocycles. The van der Waals surface area contributed by atoms with Gasteiger partial charge in [0.15, 0.2) is 0 Å². The first-order valence-electron chi connectivity index (χ1n) is 11.2. The van der Waals surface area contributed by atoms with Crippen molar-refractivity contribution in [2.75, 3.05) is 18.1 Å². The Bertz CT molecular complexity index is 990. The predicted molar refractivity (Wildman–Crippen MR) is 125 cm³/mol. The van der Waals surface area contributed by atoms with E-state index in [-0.39, 0.29) is 5.91 Å². The largest absolute Gasteiger partial charge is 0.381 e. The fourth-order valence-corrected chi connectivity index (χ4v) is 4.57. The highest BCUT2D eigenvalue weighted by atomic mass is 16.5. The van der Waals surface area contributed by atoms with Gasteiger partial charge in [-0.15, -0.1) is 0 Å². The van der Waals surface area contributed by atoms with E-state index in [0.717, 1.165) is 61.4 Å². The van der Waals surface area contributed by atoms with Crippen LogP contribution in [0.25, 0.3) is 0 Å². The number of para-hydroxylation sites is 2. The third-order valence-electron chi connectivity index (χ3n) is 6.03. The van der Waals surface area contributed by atoms with Gasteiger partial charge in [0.05, 0.1) is 11.1 Å². The fourth-order valence-electron chi connectivity index (χ4n) is 4.57. The molecule has 1 aromatic heterocycles. The third-order valence-corrected chi connectivity index (χ3v) is 6.03. The molecule has 4 heteroatoms. The Hall–Kier alpha value is -2.98. The molecule has 0 spiro atoms. The molecule has 4 nitrogen and oxygen atoms in total. The molecular formula is C27H30N2O2. The lowest BCUT2D eigenvalue weighted by Crippen LogP contribution is -2.40. The lowest BCUT2D eigenvalue weighted by atomic mass is 9.73. The van der Waals surface area contributed by atoms with E-state index in [1.54, 1.807) is 0 Å². The molecule has 1 amide bonds. The van der Waals surface area contributed by atoms with Gasteiger partial charge in [-0.05, 0) is 73.6 Å². The first kappa shape index (κ1) is 21.3. The standard InChI is InChI=1S/C27H30N2O2/c1-2-19-31-20-9-8-16-27(21-22-14-17-28-18-15-22)24-12-6-7-13-25(24)29(26(27)30)23-10-4-3-5-11-23/h3-7,10-15,17-18H,2,8-9,16,19-21H2,1H3. The number of unbranched alkanes of at least 4 members (excludes halogenated alkanes) is 1. The molecule has 160 valence electrons. The summed E-state index contributed by atoms with van der Waals surface area (Å²) < 4.78 is 5.68. The van der Waals surface area contributed by atoms with Crippen molar-refractivity contribution in [3.8, 4) is 0 Å². The molecule has 31 heavy (non-hydrogen) atoms. The number of ether oxygens (including phenoxy) is 1. The zero-order valence-electron chi connectivity index (χ0n) is 18.2. The van der Waals surface area contributed by atoms with Crippen LogP contribution in [-0.4, -0.2) is 24.1 Å². The van der Waals surface area contributed by atoms with Crippen molar-refractivity contribution in [1.82, 2.24) is 4.98 Å². The summed E-state index contributed by atoms with van der Waals surface area (Å²) in [5.74, 6) is 0.159. The predicted octanol–water partition coefficient (Wildman–Crippen LogP) is 5.84. The van der Waals surface area contributed by atoms with Crippen LogP contribution in [0.15, 0.2) is 79.1 Å². The maximum atomic E-state index is 14.1. The molecular weight excluding hydrogens is 384 g/mol. The van der Waals surface area contributed by atoms with E-state index in [1.807, 2.05) is 71.9 Å². The number of benzene rings is 2. The Morgan fingerprint density at radius 3 is 2.42 bits per heavy atom. The highest BCUT2D eigenvalue weighted by molar-refractivity contribution is 6.13. The minimum Gasteiger partial charge on any atom is -0.381 e. The zero-order chi connectivity index (χ0) is 21.5. The summed E-state index contributed by atoms with van der Waals surface area (Å²) in [6, 6.07) is 22.3. The minimum atomic E-state index is -0.585. The van der Waals surface area contributed by atoms with Crippen molar-refractivity contribution in [1.29, 1.82) is 0 Å². The van der Waals surface area contributed by atoms with E-state index >= 15 is 0 Å². The number of anilines is 2. The molecule has 3 aromatic rings. The van der Waals surface area contributed by atoms with Gasteiger partial charge in [0.2, 0.25) is 5.91 Å². The monoisotopic (exact) mass is 414 g/mol. The van der Waals surface area contributed by atoms with Gasteiger partial charge in [0, 0.05) is 31.3 Å². The van der Waals surface area contributed by atoms with Crippen molar-refractivity contribution in [2.45, 2.75) is 44.4 Å². The maximum Gasteiger partial charge on any atom is 0.242 e. The summed E-state index contributed by atoms with van der Waals surface area (Å²) in [5, 5.41) is 0. The average Bonchev–Trinajstić information content (AvgIpc) is 3.05. The van der Waals surface area contributed by atoms with Crippen LogP contribution in [0, 0.1) is 0 Å².